The lowest BCUT2D eigenvalue weighted by molar-refractivity contribution is 0.346. The van der Waals surface area contributed by atoms with E-state index in [2.05, 4.69) is 15.2 Å². The maximum absolute atomic E-state index is 13.2. The van der Waals surface area contributed by atoms with Gasteiger partial charge in [0.2, 0.25) is 10.0 Å². The van der Waals surface area contributed by atoms with Crippen molar-refractivity contribution in [3.63, 3.8) is 0 Å². The molecule has 1 aromatic carbocycles. The maximum atomic E-state index is 13.2. The Kier molecular flexibility index (Phi) is 3.96. The molecule has 8 heteroatoms. The second-order valence-electron chi connectivity index (χ2n) is 5.51. The van der Waals surface area contributed by atoms with Crippen molar-refractivity contribution < 1.29 is 12.8 Å². The summed E-state index contributed by atoms with van der Waals surface area (Å²) in [6, 6.07) is 9.44. The molecule has 2 aromatic rings. The Bertz CT molecular complexity index is 747. The van der Waals surface area contributed by atoms with Gasteiger partial charge in [0.1, 0.15) is 5.82 Å². The summed E-state index contributed by atoms with van der Waals surface area (Å²) in [5, 5.41) is 6.99. The van der Waals surface area contributed by atoms with Crippen LogP contribution in [0.1, 0.15) is 11.7 Å². The van der Waals surface area contributed by atoms with Gasteiger partial charge in [-0.15, -0.1) is 0 Å². The summed E-state index contributed by atoms with van der Waals surface area (Å²) in [6.07, 6.45) is 1.14. The zero-order chi connectivity index (χ0) is 15.7. The summed E-state index contributed by atoms with van der Waals surface area (Å²) >= 11 is 0. The minimum Gasteiger partial charge on any atom is -0.262 e. The van der Waals surface area contributed by atoms with Gasteiger partial charge in [-0.2, -0.15) is 5.10 Å². The molecule has 0 saturated carbocycles. The van der Waals surface area contributed by atoms with Gasteiger partial charge in [0.15, 0.2) is 5.82 Å². The third kappa shape index (κ3) is 2.89. The second-order valence-corrected chi connectivity index (χ2v) is 7.49. The molecule has 0 amide bonds. The van der Waals surface area contributed by atoms with Crippen molar-refractivity contribution in [2.24, 2.45) is 5.92 Å². The summed E-state index contributed by atoms with van der Waals surface area (Å²) in [6.45, 7) is -0.170. The summed E-state index contributed by atoms with van der Waals surface area (Å²) in [4.78, 5) is 4.42. The molecule has 2 atom stereocenters. The molecule has 0 bridgehead atoms. The van der Waals surface area contributed by atoms with Crippen LogP contribution in [-0.4, -0.2) is 53.9 Å². The molecule has 1 N–H and O–H groups in total. The van der Waals surface area contributed by atoms with Crippen molar-refractivity contribution in [2.75, 3.05) is 26.0 Å². The van der Waals surface area contributed by atoms with Crippen LogP contribution in [0.25, 0.3) is 11.4 Å². The Morgan fingerprint density at radius 1 is 1.32 bits per heavy atom. The van der Waals surface area contributed by atoms with Crippen molar-refractivity contribution >= 4 is 10.0 Å². The van der Waals surface area contributed by atoms with Crippen molar-refractivity contribution in [2.45, 2.75) is 5.92 Å². The van der Waals surface area contributed by atoms with E-state index in [1.165, 1.54) is 4.31 Å². The number of hydrogen-bond donors (Lipinski definition) is 1. The first-order valence-electron chi connectivity index (χ1n) is 6.98. The molecule has 1 saturated heterocycles. The van der Waals surface area contributed by atoms with E-state index >= 15 is 0 Å². The number of sulfonamides is 1. The van der Waals surface area contributed by atoms with E-state index in [9.17, 15) is 12.8 Å². The molecule has 0 radical (unpaired) electrons. The molecule has 6 nitrogen and oxygen atoms in total. The Balaban J connectivity index is 1.86. The normalized spacial score (nSPS) is 23.0. The lowest BCUT2D eigenvalue weighted by Crippen LogP contribution is -2.27. The first-order valence-corrected chi connectivity index (χ1v) is 8.82. The highest BCUT2D eigenvalue weighted by atomic mass is 32.2. The van der Waals surface area contributed by atoms with Crippen LogP contribution in [-0.2, 0) is 10.0 Å². The van der Waals surface area contributed by atoms with Crippen LogP contribution in [0.2, 0.25) is 0 Å². The molecule has 0 aliphatic carbocycles. The van der Waals surface area contributed by atoms with Crippen LogP contribution in [0, 0.1) is 5.92 Å². The number of aromatic amines is 1. The fourth-order valence-corrected chi connectivity index (χ4v) is 3.62. The van der Waals surface area contributed by atoms with Crippen molar-refractivity contribution in [3.05, 3.63) is 36.2 Å². The van der Waals surface area contributed by atoms with Gasteiger partial charge >= 0.3 is 0 Å². The van der Waals surface area contributed by atoms with Gasteiger partial charge in [0.25, 0.3) is 0 Å². The third-order valence-electron chi connectivity index (χ3n) is 3.96. The number of hydrogen-bond acceptors (Lipinski definition) is 4. The van der Waals surface area contributed by atoms with Gasteiger partial charge in [-0.05, 0) is 0 Å². The van der Waals surface area contributed by atoms with Gasteiger partial charge in [0, 0.05) is 30.5 Å². The van der Waals surface area contributed by atoms with E-state index < -0.39 is 22.6 Å². The average molecular weight is 324 g/mol. The molecule has 3 rings (SSSR count). The highest BCUT2D eigenvalue weighted by Crippen LogP contribution is 2.33. The number of nitrogens with zero attached hydrogens (tertiary/aromatic N) is 3. The average Bonchev–Trinajstić information content (AvgIpc) is 3.14. The first-order chi connectivity index (χ1) is 10.5. The maximum Gasteiger partial charge on any atom is 0.211 e. The highest BCUT2D eigenvalue weighted by Gasteiger charge is 2.39. The molecular formula is C14H17FN4O2S. The molecule has 1 fully saturated rings. The Hall–Kier alpha value is -1.80. The fourth-order valence-electron chi connectivity index (χ4n) is 2.73. The van der Waals surface area contributed by atoms with E-state index in [1.807, 2.05) is 30.3 Å². The predicted octanol–water partition coefficient (Wildman–Crippen LogP) is 1.42. The van der Waals surface area contributed by atoms with Gasteiger partial charge in [-0.3, -0.25) is 9.49 Å². The van der Waals surface area contributed by atoms with Crippen LogP contribution in [0.5, 0.6) is 0 Å². The quantitative estimate of drug-likeness (QED) is 0.922. The van der Waals surface area contributed by atoms with E-state index in [-0.39, 0.29) is 19.0 Å². The standard InChI is InChI=1S/C14H17FN4O2S/c1-22(20,21)19-8-11(7-15)12(9-19)14-16-13(17-18-14)10-5-3-2-4-6-10/h2-6,11-12H,7-9H2,1H3,(H,16,17,18)/t11-,12-/m1/s1. The topological polar surface area (TPSA) is 79.0 Å². The van der Waals surface area contributed by atoms with Crippen LogP contribution in [0.3, 0.4) is 0 Å². The van der Waals surface area contributed by atoms with Crippen molar-refractivity contribution in [1.82, 2.24) is 19.5 Å². The third-order valence-corrected chi connectivity index (χ3v) is 5.20. The Labute approximate surface area is 128 Å². The molecule has 0 spiro atoms. The smallest absolute Gasteiger partial charge is 0.211 e. The van der Waals surface area contributed by atoms with Crippen molar-refractivity contribution in [3.8, 4) is 11.4 Å². The number of alkyl halides is 1. The van der Waals surface area contributed by atoms with Gasteiger partial charge < -0.3 is 0 Å². The Morgan fingerprint density at radius 3 is 2.68 bits per heavy atom. The van der Waals surface area contributed by atoms with E-state index in [0.29, 0.717) is 11.6 Å². The highest BCUT2D eigenvalue weighted by molar-refractivity contribution is 7.88. The summed E-state index contributed by atoms with van der Waals surface area (Å²) in [5.74, 6) is 0.370. The summed E-state index contributed by atoms with van der Waals surface area (Å²) in [5.41, 5.74) is 0.861. The lowest BCUT2D eigenvalue weighted by Gasteiger charge is -2.11. The van der Waals surface area contributed by atoms with E-state index in [4.69, 9.17) is 0 Å². The molecular weight excluding hydrogens is 307 g/mol. The number of nitrogens with one attached hydrogen (secondary N) is 1. The minimum absolute atomic E-state index is 0.182. The molecule has 1 aromatic heterocycles. The molecule has 2 heterocycles. The SMILES string of the molecule is CS(=O)(=O)N1C[C@@H](CF)[C@H](c2nc(-c3ccccc3)n[nH]2)C1. The zero-order valence-electron chi connectivity index (χ0n) is 12.1. The van der Waals surface area contributed by atoms with Crippen LogP contribution >= 0.6 is 0 Å². The van der Waals surface area contributed by atoms with Gasteiger partial charge in [-0.25, -0.2) is 17.7 Å². The molecule has 118 valence electrons. The summed E-state index contributed by atoms with van der Waals surface area (Å²) in [7, 11) is -3.33. The van der Waals surface area contributed by atoms with Crippen LogP contribution in [0.4, 0.5) is 4.39 Å². The van der Waals surface area contributed by atoms with Gasteiger partial charge in [-0.1, -0.05) is 30.3 Å². The van der Waals surface area contributed by atoms with Gasteiger partial charge in [0.05, 0.1) is 12.9 Å². The molecule has 1 aliphatic heterocycles. The predicted molar refractivity (Wildman–Crippen MR) is 80.4 cm³/mol. The first kappa shape index (κ1) is 15.1. The number of benzene rings is 1. The molecule has 1 aliphatic rings. The van der Waals surface area contributed by atoms with Crippen LogP contribution in [0.15, 0.2) is 30.3 Å². The van der Waals surface area contributed by atoms with Crippen LogP contribution < -0.4 is 0 Å². The van der Waals surface area contributed by atoms with E-state index in [1.54, 1.807) is 0 Å². The number of aromatic nitrogens is 3. The minimum atomic E-state index is -3.33. The number of H-pyrrole nitrogens is 1. The zero-order valence-corrected chi connectivity index (χ0v) is 12.9. The summed E-state index contributed by atoms with van der Waals surface area (Å²) < 4.78 is 37.9. The lowest BCUT2D eigenvalue weighted by atomic mass is 9.97. The monoisotopic (exact) mass is 324 g/mol. The largest absolute Gasteiger partial charge is 0.262 e. The second kappa shape index (κ2) is 5.77. The fraction of sp³-hybridized carbons (Fsp3) is 0.429. The number of halogens is 1. The van der Waals surface area contributed by atoms with Crippen molar-refractivity contribution in [1.29, 1.82) is 0 Å². The molecule has 22 heavy (non-hydrogen) atoms. The number of rotatable bonds is 4. The Morgan fingerprint density at radius 2 is 2.05 bits per heavy atom. The van der Waals surface area contributed by atoms with E-state index in [0.717, 1.165) is 11.8 Å². The molecule has 0 unspecified atom stereocenters.